The lowest BCUT2D eigenvalue weighted by molar-refractivity contribution is -0.129. The van der Waals surface area contributed by atoms with Crippen molar-refractivity contribution in [3.05, 3.63) is 35.4 Å². The Kier molecular flexibility index (Phi) is 26.7. The zero-order valence-corrected chi connectivity index (χ0v) is 33.9. The van der Waals surface area contributed by atoms with Gasteiger partial charge in [-0.2, -0.15) is 17.6 Å². The van der Waals surface area contributed by atoms with Gasteiger partial charge in [-0.15, -0.1) is 0 Å². The minimum Gasteiger partial charge on any atom is -0.370 e. The van der Waals surface area contributed by atoms with Crippen LogP contribution in [0.15, 0.2) is 24.3 Å². The van der Waals surface area contributed by atoms with E-state index in [0.29, 0.717) is 56.9 Å². The third kappa shape index (κ3) is 21.0. The van der Waals surface area contributed by atoms with Crippen molar-refractivity contribution in [3.63, 3.8) is 0 Å². The van der Waals surface area contributed by atoms with E-state index in [1.165, 1.54) is 6.92 Å². The van der Waals surface area contributed by atoms with Gasteiger partial charge in [0.25, 0.3) is 0 Å². The predicted molar refractivity (Wildman–Crippen MR) is 229 cm³/mol. The number of alkyl halides is 5. The number of Topliss-reactive ketones (excluding diaryl/α,β-unsaturated/α-hetero) is 3. The van der Waals surface area contributed by atoms with Crippen LogP contribution in [0.4, 0.5) is 22.0 Å². The minimum atomic E-state index is -3.00. The smallest absolute Gasteiger partial charge is 0.311 e. The van der Waals surface area contributed by atoms with Gasteiger partial charge in [0.05, 0.1) is 6.10 Å². The van der Waals surface area contributed by atoms with Crippen LogP contribution in [0.5, 0.6) is 0 Å². The Morgan fingerprint density at radius 1 is 0.655 bits per heavy atom. The van der Waals surface area contributed by atoms with Crippen molar-refractivity contribution in [2.75, 3.05) is 6.61 Å². The molecule has 0 saturated carbocycles. The minimum absolute atomic E-state index is 0. The molecule has 0 N–H and O–H groups in total. The number of benzene rings is 1. The first kappa shape index (κ1) is 56.6. The van der Waals surface area contributed by atoms with Crippen molar-refractivity contribution in [2.24, 2.45) is 29.6 Å². The van der Waals surface area contributed by atoms with Gasteiger partial charge < -0.3 is 4.74 Å². The summed E-state index contributed by atoms with van der Waals surface area (Å²) in [5.74, 6) is 6.99. The highest BCUT2D eigenvalue weighted by Crippen LogP contribution is 2.34. The molecule has 0 heterocycles. The summed E-state index contributed by atoms with van der Waals surface area (Å²) in [6, 6.07) is 7.06. The summed E-state index contributed by atoms with van der Waals surface area (Å²) in [5.41, 5.74) is 0.0692. The molecule has 3 aliphatic rings. The Bertz CT molecular complexity index is 1580. The normalized spacial score (nSPS) is 23.1. The average Bonchev–Trinajstić information content (AvgIpc) is 3.10. The molecule has 1 aromatic carbocycles. The Balaban J connectivity index is 0. The lowest BCUT2D eigenvalue weighted by atomic mass is 9.86. The summed E-state index contributed by atoms with van der Waals surface area (Å²) in [6.07, 6.45) is 7.93. The molecule has 0 fully saturated rings. The molecule has 58 heavy (non-hydrogen) atoms. The van der Waals surface area contributed by atoms with E-state index in [9.17, 15) is 36.3 Å². The molecule has 4 unspecified atom stereocenters. The standard InChI is InChI=1S/C19H22F2O.C14H21FO2.C13H18F2O.3CH4/c1-14(2)18(22)16-10-8-15(9-11-16)13-17-7-5-3-4-6-12-19(17,20)21;1-11(2)13(16)10-17-12-6-4-5-8-14(3,15)9-7-12;1-10(2)12(16)9-11-7-5-3-4-6-8-13(11,14)15;;;/h8-11,14,17H,3-5,7,13H2,1-2H3;11-12H,4,6-7,9-10H2,1-3H3;10-11H,3-5,7,9H2,1-2H3;3*1H4. The number of ether oxygens (including phenoxy) is 1. The fraction of sp³-hybridized carbons (Fsp3) is 0.694. The molecular formula is C49H73F5O4. The number of carbonyl (C=O) groups is 3. The van der Waals surface area contributed by atoms with Gasteiger partial charge in [-0.25, -0.2) is 4.39 Å². The van der Waals surface area contributed by atoms with E-state index in [-0.39, 0.29) is 76.5 Å². The Morgan fingerprint density at radius 3 is 1.67 bits per heavy atom. The molecule has 328 valence electrons. The van der Waals surface area contributed by atoms with Gasteiger partial charge in [-0.05, 0) is 75.7 Å². The lowest BCUT2D eigenvalue weighted by Crippen LogP contribution is -2.30. The largest absolute Gasteiger partial charge is 0.370 e. The monoisotopic (exact) mass is 821 g/mol. The molecule has 4 atom stereocenters. The molecule has 0 aromatic heterocycles. The maximum atomic E-state index is 14.1. The van der Waals surface area contributed by atoms with E-state index in [1.807, 2.05) is 33.6 Å². The average molecular weight is 821 g/mol. The van der Waals surface area contributed by atoms with Gasteiger partial charge in [-0.3, -0.25) is 14.4 Å². The number of carbonyl (C=O) groups excluding carboxylic acids is 3. The van der Waals surface area contributed by atoms with E-state index in [4.69, 9.17) is 4.74 Å². The molecule has 0 saturated heterocycles. The molecular weight excluding hydrogens is 748 g/mol. The van der Waals surface area contributed by atoms with E-state index < -0.39 is 29.3 Å². The fourth-order valence-electron chi connectivity index (χ4n) is 6.15. The first-order chi connectivity index (χ1) is 25.7. The van der Waals surface area contributed by atoms with Gasteiger partial charge in [0, 0.05) is 60.8 Å². The summed E-state index contributed by atoms with van der Waals surface area (Å²) >= 11 is 0. The predicted octanol–water partition coefficient (Wildman–Crippen LogP) is 13.1. The quantitative estimate of drug-likeness (QED) is 0.127. The van der Waals surface area contributed by atoms with Crippen LogP contribution < -0.4 is 0 Å². The van der Waals surface area contributed by atoms with Gasteiger partial charge in [-0.1, -0.05) is 125 Å². The van der Waals surface area contributed by atoms with Crippen molar-refractivity contribution >= 4 is 17.3 Å². The number of halogens is 5. The van der Waals surface area contributed by atoms with Crippen LogP contribution in [0.2, 0.25) is 0 Å². The molecule has 0 aliphatic heterocycles. The van der Waals surface area contributed by atoms with Crippen LogP contribution >= 0.6 is 0 Å². The van der Waals surface area contributed by atoms with Crippen molar-refractivity contribution in [1.82, 2.24) is 0 Å². The topological polar surface area (TPSA) is 60.4 Å². The van der Waals surface area contributed by atoms with Crippen molar-refractivity contribution in [3.8, 4) is 35.5 Å². The third-order valence-electron chi connectivity index (χ3n) is 10.1. The first-order valence-electron chi connectivity index (χ1n) is 20.0. The van der Waals surface area contributed by atoms with Gasteiger partial charge >= 0.3 is 11.8 Å². The molecule has 0 radical (unpaired) electrons. The summed E-state index contributed by atoms with van der Waals surface area (Å²) in [5, 5.41) is 0. The van der Waals surface area contributed by atoms with Crippen LogP contribution in [0.25, 0.3) is 0 Å². The van der Waals surface area contributed by atoms with Crippen LogP contribution in [-0.2, 0) is 20.7 Å². The maximum absolute atomic E-state index is 14.1. The molecule has 1 aromatic rings. The zero-order chi connectivity index (χ0) is 41.2. The number of ketones is 3. The van der Waals surface area contributed by atoms with Gasteiger partial charge in [0.15, 0.2) is 17.2 Å². The van der Waals surface area contributed by atoms with Crippen LogP contribution in [0, 0.1) is 65.1 Å². The maximum Gasteiger partial charge on any atom is 0.311 e. The number of rotatable bonds is 11. The second-order valence-electron chi connectivity index (χ2n) is 16.1. The Labute approximate surface area is 349 Å². The Hall–Kier alpha value is -3.48. The van der Waals surface area contributed by atoms with E-state index in [1.54, 1.807) is 38.1 Å². The van der Waals surface area contributed by atoms with Crippen LogP contribution in [0.1, 0.15) is 170 Å². The summed E-state index contributed by atoms with van der Waals surface area (Å²) < 4.78 is 74.6. The second kappa shape index (κ2) is 27.3. The molecule has 0 bridgehead atoms. The van der Waals surface area contributed by atoms with E-state index in [0.717, 1.165) is 37.7 Å². The highest BCUT2D eigenvalue weighted by molar-refractivity contribution is 5.97. The highest BCUT2D eigenvalue weighted by atomic mass is 19.3. The van der Waals surface area contributed by atoms with Crippen molar-refractivity contribution in [2.45, 2.75) is 184 Å². The lowest BCUT2D eigenvalue weighted by Gasteiger charge is -2.24. The Morgan fingerprint density at radius 2 is 1.16 bits per heavy atom. The van der Waals surface area contributed by atoms with Crippen molar-refractivity contribution < 1.29 is 41.1 Å². The molecule has 4 nitrogen and oxygen atoms in total. The molecule has 0 spiro atoms. The third-order valence-corrected chi connectivity index (χ3v) is 10.1. The highest BCUT2D eigenvalue weighted by Gasteiger charge is 2.39. The summed E-state index contributed by atoms with van der Waals surface area (Å²) in [4.78, 5) is 34.8. The van der Waals surface area contributed by atoms with Gasteiger partial charge in [0.1, 0.15) is 12.4 Å². The summed E-state index contributed by atoms with van der Waals surface area (Å²) in [6.45, 7) is 12.5. The summed E-state index contributed by atoms with van der Waals surface area (Å²) in [7, 11) is 0. The first-order valence-corrected chi connectivity index (χ1v) is 20.0. The molecule has 9 heteroatoms. The van der Waals surface area contributed by atoms with Crippen molar-refractivity contribution in [1.29, 1.82) is 0 Å². The molecule has 3 aliphatic carbocycles. The number of hydrogen-bond acceptors (Lipinski definition) is 4. The SMILES string of the molecule is C.C.C.CC(C)C(=O)CC1CCCCC#CC1(F)F.CC(C)C(=O)COC1CCC#CC(C)(F)CC1.CC(C)C(=O)c1ccc(CC2CCCCC#CC2(F)F)cc1. The van der Waals surface area contributed by atoms with Crippen LogP contribution in [0.3, 0.4) is 0 Å². The van der Waals surface area contributed by atoms with E-state index in [2.05, 4.69) is 29.6 Å². The van der Waals surface area contributed by atoms with Gasteiger partial charge in [0.2, 0.25) is 0 Å². The fourth-order valence-corrected chi connectivity index (χ4v) is 6.15. The molecule has 0 amide bonds. The van der Waals surface area contributed by atoms with E-state index >= 15 is 0 Å². The van der Waals surface area contributed by atoms with Crippen LogP contribution in [-0.4, -0.2) is 47.6 Å². The zero-order valence-electron chi connectivity index (χ0n) is 33.9. The molecule has 4 rings (SSSR count). The second-order valence-corrected chi connectivity index (χ2v) is 16.1. The number of hydrogen-bond donors (Lipinski definition) is 0.